The fourth-order valence-corrected chi connectivity index (χ4v) is 2.07. The number of halogens is 2. The van der Waals surface area contributed by atoms with E-state index < -0.39 is 0 Å². The molecule has 0 radical (unpaired) electrons. The van der Waals surface area contributed by atoms with Gasteiger partial charge in [0.05, 0.1) is 5.56 Å². The smallest absolute Gasteiger partial charge is 0.261 e. The van der Waals surface area contributed by atoms with E-state index >= 15 is 0 Å². The number of hydrogen-bond acceptors (Lipinski definition) is 4. The van der Waals surface area contributed by atoms with E-state index in [-0.39, 0.29) is 17.5 Å². The minimum atomic E-state index is -0.295. The Kier molecular flexibility index (Phi) is 3.58. The fourth-order valence-electron chi connectivity index (χ4n) is 1.90. The molecule has 0 aliphatic rings. The molecule has 1 aromatic heterocycles. The van der Waals surface area contributed by atoms with E-state index in [1.165, 1.54) is 18.2 Å². The van der Waals surface area contributed by atoms with Crippen LogP contribution in [-0.4, -0.2) is 15.2 Å². The van der Waals surface area contributed by atoms with Crippen molar-refractivity contribution in [1.82, 2.24) is 10.1 Å². The highest BCUT2D eigenvalue weighted by molar-refractivity contribution is 6.30. The highest BCUT2D eigenvalue weighted by Gasteiger charge is 2.13. The van der Waals surface area contributed by atoms with Crippen molar-refractivity contribution in [3.8, 4) is 17.2 Å². The molecule has 0 fully saturated rings. The van der Waals surface area contributed by atoms with Gasteiger partial charge in [-0.1, -0.05) is 28.9 Å². The third-order valence-corrected chi connectivity index (χ3v) is 3.17. The molecule has 0 unspecified atom stereocenters. The minimum Gasteiger partial charge on any atom is -0.507 e. The number of nitrogens with zero attached hydrogens (tertiary/aromatic N) is 2. The summed E-state index contributed by atoms with van der Waals surface area (Å²) in [5.74, 6) is 0.343. The highest BCUT2D eigenvalue weighted by Crippen LogP contribution is 2.30. The summed E-state index contributed by atoms with van der Waals surface area (Å²) in [5, 5.41) is 14.1. The number of phenols is 1. The van der Waals surface area contributed by atoms with Gasteiger partial charge in [0.2, 0.25) is 0 Å². The maximum absolute atomic E-state index is 12.8. The molecular weight excluding hydrogens is 295 g/mol. The van der Waals surface area contributed by atoms with Crippen LogP contribution in [0.5, 0.6) is 5.75 Å². The largest absolute Gasteiger partial charge is 0.507 e. The molecule has 0 spiro atoms. The SMILES string of the molecule is Oc1ccc(Cl)cc1-c1nc(Cc2ccc(F)cc2)no1. The van der Waals surface area contributed by atoms with Crippen molar-refractivity contribution in [2.45, 2.75) is 6.42 Å². The number of benzene rings is 2. The van der Waals surface area contributed by atoms with Gasteiger partial charge in [-0.05, 0) is 35.9 Å². The molecule has 6 heteroatoms. The van der Waals surface area contributed by atoms with E-state index in [0.29, 0.717) is 22.8 Å². The molecule has 0 saturated carbocycles. The molecule has 2 aromatic carbocycles. The van der Waals surface area contributed by atoms with Crippen molar-refractivity contribution in [3.63, 3.8) is 0 Å². The van der Waals surface area contributed by atoms with Crippen molar-refractivity contribution in [2.24, 2.45) is 0 Å². The molecule has 0 aliphatic carbocycles. The number of phenolic OH excluding ortho intramolecular Hbond substituents is 1. The standard InChI is InChI=1S/C15H10ClFN2O2/c16-10-3-6-13(20)12(8-10)15-18-14(19-21-15)7-9-1-4-11(17)5-2-9/h1-6,8,20H,7H2. The predicted molar refractivity (Wildman–Crippen MR) is 75.6 cm³/mol. The van der Waals surface area contributed by atoms with Gasteiger partial charge >= 0.3 is 0 Å². The van der Waals surface area contributed by atoms with E-state index in [4.69, 9.17) is 16.1 Å². The maximum atomic E-state index is 12.8. The zero-order valence-corrected chi connectivity index (χ0v) is 11.5. The van der Waals surface area contributed by atoms with E-state index in [9.17, 15) is 9.50 Å². The Balaban J connectivity index is 1.86. The molecule has 0 amide bonds. The van der Waals surface area contributed by atoms with Gasteiger partial charge < -0.3 is 9.63 Å². The molecule has 3 aromatic rings. The molecule has 3 rings (SSSR count). The number of aromatic nitrogens is 2. The first kappa shape index (κ1) is 13.6. The molecule has 0 atom stereocenters. The van der Waals surface area contributed by atoms with Crippen molar-refractivity contribution >= 4 is 11.6 Å². The zero-order chi connectivity index (χ0) is 14.8. The summed E-state index contributed by atoms with van der Waals surface area (Å²) < 4.78 is 18.0. The summed E-state index contributed by atoms with van der Waals surface area (Å²) in [5.41, 5.74) is 1.24. The van der Waals surface area contributed by atoms with Gasteiger partial charge in [0, 0.05) is 11.4 Å². The second-order valence-electron chi connectivity index (χ2n) is 4.48. The Morgan fingerprint density at radius 3 is 2.67 bits per heavy atom. The lowest BCUT2D eigenvalue weighted by Crippen LogP contribution is -1.91. The van der Waals surface area contributed by atoms with Crippen LogP contribution >= 0.6 is 11.6 Å². The number of rotatable bonds is 3. The van der Waals surface area contributed by atoms with Crippen molar-refractivity contribution < 1.29 is 14.0 Å². The quantitative estimate of drug-likeness (QED) is 0.799. The Morgan fingerprint density at radius 2 is 1.90 bits per heavy atom. The summed E-state index contributed by atoms with van der Waals surface area (Å²) >= 11 is 5.88. The number of aromatic hydroxyl groups is 1. The summed E-state index contributed by atoms with van der Waals surface area (Å²) in [6.07, 6.45) is 0.408. The molecule has 0 saturated heterocycles. The van der Waals surface area contributed by atoms with Crippen LogP contribution in [0.2, 0.25) is 5.02 Å². The van der Waals surface area contributed by atoms with Crippen LogP contribution in [0.3, 0.4) is 0 Å². The Labute approximate surface area is 124 Å². The van der Waals surface area contributed by atoms with Gasteiger partial charge in [0.15, 0.2) is 5.82 Å². The molecule has 0 aliphatic heterocycles. The maximum Gasteiger partial charge on any atom is 0.261 e. The summed E-state index contributed by atoms with van der Waals surface area (Å²) in [6.45, 7) is 0. The first-order valence-electron chi connectivity index (χ1n) is 6.18. The van der Waals surface area contributed by atoms with E-state index in [2.05, 4.69) is 10.1 Å². The Bertz CT molecular complexity index is 772. The topological polar surface area (TPSA) is 59.2 Å². The lowest BCUT2D eigenvalue weighted by molar-refractivity contribution is 0.418. The lowest BCUT2D eigenvalue weighted by Gasteiger charge is -1.99. The number of hydrogen-bond donors (Lipinski definition) is 1. The molecule has 1 heterocycles. The Morgan fingerprint density at radius 1 is 1.14 bits per heavy atom. The van der Waals surface area contributed by atoms with Crippen LogP contribution in [-0.2, 0) is 6.42 Å². The Hall–Kier alpha value is -2.40. The second-order valence-corrected chi connectivity index (χ2v) is 4.92. The van der Waals surface area contributed by atoms with Crippen molar-refractivity contribution in [2.75, 3.05) is 0 Å². The van der Waals surface area contributed by atoms with Crippen LogP contribution in [0.15, 0.2) is 47.0 Å². The first-order chi connectivity index (χ1) is 10.1. The predicted octanol–water partition coefficient (Wildman–Crippen LogP) is 3.83. The van der Waals surface area contributed by atoms with Gasteiger partial charge in [0.25, 0.3) is 5.89 Å². The van der Waals surface area contributed by atoms with Gasteiger partial charge in [0.1, 0.15) is 11.6 Å². The third-order valence-electron chi connectivity index (χ3n) is 2.93. The van der Waals surface area contributed by atoms with Crippen LogP contribution in [0.4, 0.5) is 4.39 Å². The van der Waals surface area contributed by atoms with E-state index in [0.717, 1.165) is 5.56 Å². The molecule has 21 heavy (non-hydrogen) atoms. The normalized spacial score (nSPS) is 10.8. The van der Waals surface area contributed by atoms with Crippen LogP contribution in [0, 0.1) is 5.82 Å². The fraction of sp³-hybridized carbons (Fsp3) is 0.0667. The highest BCUT2D eigenvalue weighted by atomic mass is 35.5. The van der Waals surface area contributed by atoms with Crippen molar-refractivity contribution in [1.29, 1.82) is 0 Å². The molecule has 4 nitrogen and oxygen atoms in total. The zero-order valence-electron chi connectivity index (χ0n) is 10.8. The van der Waals surface area contributed by atoms with E-state index in [1.807, 2.05) is 0 Å². The average molecular weight is 305 g/mol. The van der Waals surface area contributed by atoms with Gasteiger partial charge in [-0.3, -0.25) is 0 Å². The summed E-state index contributed by atoms with van der Waals surface area (Å²) in [4.78, 5) is 4.21. The first-order valence-corrected chi connectivity index (χ1v) is 6.55. The second kappa shape index (κ2) is 5.54. The van der Waals surface area contributed by atoms with E-state index in [1.54, 1.807) is 24.3 Å². The molecular formula is C15H10ClFN2O2. The monoisotopic (exact) mass is 304 g/mol. The van der Waals surface area contributed by atoms with Crippen LogP contribution in [0.25, 0.3) is 11.5 Å². The van der Waals surface area contributed by atoms with Crippen LogP contribution in [0.1, 0.15) is 11.4 Å². The summed E-state index contributed by atoms with van der Waals surface area (Å²) in [6, 6.07) is 10.6. The van der Waals surface area contributed by atoms with Gasteiger partial charge in [-0.25, -0.2) is 4.39 Å². The molecule has 1 N–H and O–H groups in total. The van der Waals surface area contributed by atoms with Crippen molar-refractivity contribution in [3.05, 3.63) is 64.7 Å². The molecule has 106 valence electrons. The third kappa shape index (κ3) is 3.03. The van der Waals surface area contributed by atoms with Crippen LogP contribution < -0.4 is 0 Å². The minimum absolute atomic E-state index is 0.0105. The van der Waals surface area contributed by atoms with Gasteiger partial charge in [-0.15, -0.1) is 0 Å². The van der Waals surface area contributed by atoms with Gasteiger partial charge in [-0.2, -0.15) is 4.98 Å². The lowest BCUT2D eigenvalue weighted by atomic mass is 10.1. The summed E-state index contributed by atoms with van der Waals surface area (Å²) in [7, 11) is 0. The molecule has 0 bridgehead atoms. The average Bonchev–Trinajstić information content (AvgIpc) is 2.92.